The van der Waals surface area contributed by atoms with Gasteiger partial charge in [0.1, 0.15) is 5.82 Å². The fraction of sp³-hybridized carbons (Fsp3) is 0.452. The summed E-state index contributed by atoms with van der Waals surface area (Å²) in [5.41, 5.74) is 1.23. The van der Waals surface area contributed by atoms with Crippen LogP contribution < -0.4 is 11.1 Å². The number of hydrogen-bond donors (Lipinski definition) is 2. The number of carbonyl (C=O) groups excluding carboxylic acids is 2. The third kappa shape index (κ3) is 6.38. The van der Waals surface area contributed by atoms with E-state index in [0.29, 0.717) is 41.7 Å². The lowest BCUT2D eigenvalue weighted by molar-refractivity contribution is -0.143. The van der Waals surface area contributed by atoms with Crippen molar-refractivity contribution in [3.8, 4) is 0 Å². The molecule has 44 heavy (non-hydrogen) atoms. The summed E-state index contributed by atoms with van der Waals surface area (Å²) in [6.07, 6.45) is -7.45. The zero-order chi connectivity index (χ0) is 33.0. The Hall–Kier alpha value is -3.74. The third-order valence-corrected chi connectivity index (χ3v) is 8.60. The molecule has 1 saturated heterocycles. The van der Waals surface area contributed by atoms with Gasteiger partial charge in [-0.25, -0.2) is 4.39 Å². The van der Waals surface area contributed by atoms with Crippen molar-refractivity contribution in [3.63, 3.8) is 0 Å². The number of nitrogens with zero attached hydrogens (tertiary/aromatic N) is 2. The van der Waals surface area contributed by atoms with Gasteiger partial charge in [0.2, 0.25) is 11.8 Å². The summed E-state index contributed by atoms with van der Waals surface area (Å²) in [5.74, 6) is -1.79. The lowest BCUT2D eigenvalue weighted by Gasteiger charge is -2.35. The number of carbonyl (C=O) groups is 2. The van der Waals surface area contributed by atoms with Crippen LogP contribution in [0.15, 0.2) is 47.1 Å². The number of likely N-dealkylation sites (N-methyl/N-ethyl adjacent to an activating group) is 1. The molecule has 2 aromatic rings. The number of amides is 2. The van der Waals surface area contributed by atoms with E-state index in [9.17, 15) is 40.3 Å². The first-order valence-corrected chi connectivity index (χ1v) is 13.8. The van der Waals surface area contributed by atoms with E-state index in [-0.39, 0.29) is 24.2 Å². The minimum absolute atomic E-state index is 0.0138. The van der Waals surface area contributed by atoms with Crippen LogP contribution >= 0.6 is 0 Å². The molecule has 2 aliphatic rings. The molecule has 2 amide bonds. The van der Waals surface area contributed by atoms with Crippen molar-refractivity contribution in [1.82, 2.24) is 10.2 Å². The Morgan fingerprint density at radius 1 is 1.00 bits per heavy atom. The highest BCUT2D eigenvalue weighted by Gasteiger charge is 2.44. The fourth-order valence-corrected chi connectivity index (χ4v) is 5.81. The lowest BCUT2D eigenvalue weighted by Crippen LogP contribution is -2.53. The maximum absolute atomic E-state index is 14.0. The summed E-state index contributed by atoms with van der Waals surface area (Å²) in [6, 6.07) is 4.54. The van der Waals surface area contributed by atoms with E-state index in [4.69, 9.17) is 5.73 Å². The van der Waals surface area contributed by atoms with Gasteiger partial charge in [0.15, 0.2) is 0 Å². The second-order valence-corrected chi connectivity index (χ2v) is 12.1. The van der Waals surface area contributed by atoms with Gasteiger partial charge in [0, 0.05) is 19.3 Å². The molecule has 4 rings (SSSR count). The number of nitrogens with one attached hydrogen (secondary N) is 1. The maximum Gasteiger partial charge on any atom is 0.416 e. The molecule has 3 N–H and O–H groups in total. The minimum Gasteiger partial charge on any atom is -0.368 e. The van der Waals surface area contributed by atoms with Crippen molar-refractivity contribution < 1.29 is 40.3 Å². The number of alkyl halides is 6. The molecule has 0 bridgehead atoms. The summed E-state index contributed by atoms with van der Waals surface area (Å²) in [5, 5.41) is 3.24. The summed E-state index contributed by atoms with van der Waals surface area (Å²) < 4.78 is 95.6. The molecule has 1 unspecified atom stereocenters. The largest absolute Gasteiger partial charge is 0.416 e. The molecule has 6 nitrogen and oxygen atoms in total. The molecule has 3 atom stereocenters. The van der Waals surface area contributed by atoms with Crippen LogP contribution in [0.4, 0.5) is 30.7 Å². The van der Waals surface area contributed by atoms with E-state index >= 15 is 0 Å². The van der Waals surface area contributed by atoms with Crippen molar-refractivity contribution in [2.24, 2.45) is 10.7 Å². The molecular weight excluding hydrogens is 593 g/mol. The number of allylic oxidation sites excluding steroid dienone is 1. The lowest BCUT2D eigenvalue weighted by atomic mass is 9.81. The molecule has 13 heteroatoms. The molecule has 0 aromatic heterocycles. The van der Waals surface area contributed by atoms with E-state index in [1.165, 1.54) is 45.3 Å². The fourth-order valence-electron chi connectivity index (χ4n) is 5.81. The SMILES string of the molecule is Cc1cc(F)ccc1C1=C(N(C)C(=O)C(C)(C)c2cc(C(F)(F)F)cc(C(F)(F)F)c2)C=N[C@@H](C2CC[C@](C)(C(N)=O)N2)C1. The number of primary amides is 1. The van der Waals surface area contributed by atoms with Gasteiger partial charge in [-0.1, -0.05) is 6.07 Å². The third-order valence-electron chi connectivity index (χ3n) is 8.60. The van der Waals surface area contributed by atoms with E-state index in [0.717, 1.165) is 4.90 Å². The Labute approximate surface area is 250 Å². The molecular formula is C31H33F7N4O2. The zero-order valence-corrected chi connectivity index (χ0v) is 24.8. The molecule has 0 aliphatic carbocycles. The van der Waals surface area contributed by atoms with Crippen LogP contribution in [0, 0.1) is 12.7 Å². The Morgan fingerprint density at radius 3 is 2.07 bits per heavy atom. The quantitative estimate of drug-likeness (QED) is 0.377. The van der Waals surface area contributed by atoms with E-state index in [2.05, 4.69) is 10.3 Å². The van der Waals surface area contributed by atoms with Crippen LogP contribution in [0.25, 0.3) is 5.57 Å². The minimum atomic E-state index is -5.08. The molecule has 1 fully saturated rings. The maximum atomic E-state index is 14.0. The number of halogens is 7. The van der Waals surface area contributed by atoms with E-state index < -0.39 is 63.7 Å². The van der Waals surface area contributed by atoms with Gasteiger partial charge in [0.25, 0.3) is 0 Å². The van der Waals surface area contributed by atoms with Gasteiger partial charge < -0.3 is 10.6 Å². The monoisotopic (exact) mass is 626 g/mol. The van der Waals surface area contributed by atoms with Crippen LogP contribution in [0.2, 0.25) is 0 Å². The van der Waals surface area contributed by atoms with Crippen LogP contribution in [0.3, 0.4) is 0 Å². The number of benzene rings is 2. The number of aryl methyl sites for hydroxylation is 1. The van der Waals surface area contributed by atoms with Crippen molar-refractivity contribution in [2.75, 3.05) is 7.05 Å². The second kappa shape index (κ2) is 11.3. The van der Waals surface area contributed by atoms with Gasteiger partial charge in [0.05, 0.1) is 33.8 Å². The highest BCUT2D eigenvalue weighted by atomic mass is 19.4. The average molecular weight is 627 g/mol. The Bertz CT molecular complexity index is 1510. The molecule has 0 spiro atoms. The van der Waals surface area contributed by atoms with Gasteiger partial charge in [-0.3, -0.25) is 19.9 Å². The Balaban J connectivity index is 1.77. The Kier molecular flexibility index (Phi) is 8.53. The van der Waals surface area contributed by atoms with Crippen molar-refractivity contribution in [2.45, 2.75) is 82.3 Å². The average Bonchev–Trinajstić information content (AvgIpc) is 3.34. The second-order valence-electron chi connectivity index (χ2n) is 12.1. The van der Waals surface area contributed by atoms with Crippen molar-refractivity contribution in [3.05, 3.63) is 75.7 Å². The van der Waals surface area contributed by atoms with E-state index in [1.54, 1.807) is 13.8 Å². The number of nitrogens with two attached hydrogens (primary N) is 1. The van der Waals surface area contributed by atoms with Gasteiger partial charge in [-0.05, 0) is 99.6 Å². The van der Waals surface area contributed by atoms with Crippen molar-refractivity contribution >= 4 is 23.6 Å². The normalized spacial score (nSPS) is 22.8. The first kappa shape index (κ1) is 33.2. The van der Waals surface area contributed by atoms with E-state index in [1.807, 2.05) is 0 Å². The standard InChI is InChI=1S/C31H33F7N4O2/c1-16-10-20(32)6-7-21(16)22-14-24(23-8-9-29(4,41-23)26(39)43)40-15-25(22)42(5)27(44)28(2,3)17-11-18(30(33,34)35)13-19(12-17)31(36,37)38/h6-7,10-13,15,23-24,41H,8-9,14H2,1-5H3,(H2,39,43)/t23?,24-,29-/m1/s1. The highest BCUT2D eigenvalue weighted by molar-refractivity contribution is 6.00. The van der Waals surface area contributed by atoms with Crippen LogP contribution in [0.1, 0.15) is 67.9 Å². The first-order chi connectivity index (χ1) is 20.1. The van der Waals surface area contributed by atoms with Gasteiger partial charge in [-0.15, -0.1) is 0 Å². The van der Waals surface area contributed by atoms with Gasteiger partial charge in [-0.2, -0.15) is 26.3 Å². The highest BCUT2D eigenvalue weighted by Crippen LogP contribution is 2.41. The molecule has 2 aromatic carbocycles. The van der Waals surface area contributed by atoms with Crippen LogP contribution in [-0.2, 0) is 27.4 Å². The van der Waals surface area contributed by atoms with Crippen LogP contribution in [-0.4, -0.2) is 47.6 Å². The topological polar surface area (TPSA) is 87.8 Å². The summed E-state index contributed by atoms with van der Waals surface area (Å²) in [6.45, 7) is 5.87. The van der Waals surface area contributed by atoms with Crippen molar-refractivity contribution in [1.29, 1.82) is 0 Å². The smallest absolute Gasteiger partial charge is 0.368 e. The number of dihydropyridines is 1. The summed E-state index contributed by atoms with van der Waals surface area (Å²) in [7, 11) is 1.36. The van der Waals surface area contributed by atoms with Gasteiger partial charge >= 0.3 is 12.4 Å². The summed E-state index contributed by atoms with van der Waals surface area (Å²) >= 11 is 0. The predicted octanol–water partition coefficient (Wildman–Crippen LogP) is 6.16. The predicted molar refractivity (Wildman–Crippen MR) is 151 cm³/mol. The molecule has 0 saturated carbocycles. The molecule has 238 valence electrons. The zero-order valence-electron chi connectivity index (χ0n) is 24.8. The number of rotatable bonds is 6. The molecule has 0 radical (unpaired) electrons. The molecule has 2 aliphatic heterocycles. The number of hydrogen-bond acceptors (Lipinski definition) is 4. The van der Waals surface area contributed by atoms with Crippen LogP contribution in [0.5, 0.6) is 0 Å². The first-order valence-electron chi connectivity index (χ1n) is 13.8. The molecule has 2 heterocycles. The Morgan fingerprint density at radius 2 is 1.57 bits per heavy atom. The summed E-state index contributed by atoms with van der Waals surface area (Å²) in [4.78, 5) is 31.7. The number of aliphatic imine (C=N–C) groups is 1.